The van der Waals surface area contributed by atoms with Crippen molar-refractivity contribution in [2.75, 3.05) is 6.54 Å². The van der Waals surface area contributed by atoms with Crippen molar-refractivity contribution in [2.24, 2.45) is 17.6 Å². The number of sulfonamides is 1. The van der Waals surface area contributed by atoms with Gasteiger partial charge >= 0.3 is 0 Å². The molecule has 2 unspecified atom stereocenters. The number of hydrogen-bond donors (Lipinski definition) is 3. The van der Waals surface area contributed by atoms with Gasteiger partial charge in [-0.15, -0.1) is 0 Å². The van der Waals surface area contributed by atoms with E-state index in [-0.39, 0.29) is 11.4 Å². The van der Waals surface area contributed by atoms with Gasteiger partial charge in [0, 0.05) is 13.1 Å². The monoisotopic (exact) mass is 300 g/mol. The molecule has 0 aromatic carbocycles. The van der Waals surface area contributed by atoms with Gasteiger partial charge < -0.3 is 5.73 Å². The van der Waals surface area contributed by atoms with Gasteiger partial charge in [-0.05, 0) is 25.2 Å². The van der Waals surface area contributed by atoms with E-state index in [1.54, 1.807) is 6.92 Å². The maximum absolute atomic E-state index is 12.4. The van der Waals surface area contributed by atoms with Gasteiger partial charge in [0.1, 0.15) is 4.90 Å². The summed E-state index contributed by atoms with van der Waals surface area (Å²) in [6, 6.07) is 0. The molecule has 0 spiro atoms. The summed E-state index contributed by atoms with van der Waals surface area (Å²) >= 11 is 0. The van der Waals surface area contributed by atoms with E-state index in [1.807, 2.05) is 0 Å². The Morgan fingerprint density at radius 3 is 2.75 bits per heavy atom. The van der Waals surface area contributed by atoms with Crippen LogP contribution in [0.5, 0.6) is 0 Å². The molecule has 0 saturated heterocycles. The maximum Gasteiger partial charge on any atom is 0.244 e. The second kappa shape index (κ2) is 6.24. The molecule has 1 saturated carbocycles. The standard InChI is InChI=1S/C13H24N4O2S/c1-9-5-3-4-6-11(9)8-15-20(18,19)13-10(2)16-17-12(13)7-14/h9,11,15H,3-8,14H2,1-2H3,(H,16,17). The van der Waals surface area contributed by atoms with E-state index in [2.05, 4.69) is 21.8 Å². The molecule has 0 amide bonds. The van der Waals surface area contributed by atoms with Crippen molar-refractivity contribution in [3.63, 3.8) is 0 Å². The van der Waals surface area contributed by atoms with E-state index in [4.69, 9.17) is 5.73 Å². The van der Waals surface area contributed by atoms with Crippen LogP contribution in [-0.2, 0) is 16.6 Å². The SMILES string of the molecule is Cc1[nH]nc(CN)c1S(=O)(=O)NCC1CCCCC1C. The minimum atomic E-state index is -3.54. The fourth-order valence-electron chi connectivity index (χ4n) is 2.95. The van der Waals surface area contributed by atoms with Crippen LogP contribution in [0.25, 0.3) is 0 Å². The van der Waals surface area contributed by atoms with Crippen LogP contribution in [0.15, 0.2) is 4.90 Å². The molecule has 114 valence electrons. The number of rotatable bonds is 5. The normalized spacial score (nSPS) is 23.9. The Morgan fingerprint density at radius 2 is 2.10 bits per heavy atom. The molecule has 1 aliphatic rings. The van der Waals surface area contributed by atoms with Crippen LogP contribution in [0.4, 0.5) is 0 Å². The average Bonchev–Trinajstić information content (AvgIpc) is 2.80. The number of aromatic nitrogens is 2. The summed E-state index contributed by atoms with van der Waals surface area (Å²) in [5.74, 6) is 0.998. The largest absolute Gasteiger partial charge is 0.325 e. The summed E-state index contributed by atoms with van der Waals surface area (Å²) in [6.45, 7) is 4.51. The number of aryl methyl sites for hydroxylation is 1. The minimum absolute atomic E-state index is 0.112. The van der Waals surface area contributed by atoms with Crippen molar-refractivity contribution in [2.45, 2.75) is 51.0 Å². The first-order valence-corrected chi connectivity index (χ1v) is 8.67. The van der Waals surface area contributed by atoms with Gasteiger partial charge in [0.2, 0.25) is 10.0 Å². The van der Waals surface area contributed by atoms with Crippen LogP contribution in [0.3, 0.4) is 0 Å². The van der Waals surface area contributed by atoms with Crippen molar-refractivity contribution < 1.29 is 8.42 Å². The molecule has 1 aromatic heterocycles. The molecule has 1 aromatic rings. The van der Waals surface area contributed by atoms with Crippen molar-refractivity contribution in [1.82, 2.24) is 14.9 Å². The molecule has 1 heterocycles. The summed E-state index contributed by atoms with van der Waals surface area (Å²) in [7, 11) is -3.54. The van der Waals surface area contributed by atoms with Crippen LogP contribution in [0.2, 0.25) is 0 Å². The molecule has 2 atom stereocenters. The molecular weight excluding hydrogens is 276 g/mol. The predicted molar refractivity (Wildman–Crippen MR) is 77.5 cm³/mol. The highest BCUT2D eigenvalue weighted by atomic mass is 32.2. The van der Waals surface area contributed by atoms with E-state index in [0.29, 0.717) is 29.8 Å². The lowest BCUT2D eigenvalue weighted by Gasteiger charge is -2.28. The Morgan fingerprint density at radius 1 is 1.40 bits per heavy atom. The Kier molecular flexibility index (Phi) is 4.82. The number of H-pyrrole nitrogens is 1. The number of hydrogen-bond acceptors (Lipinski definition) is 4. The van der Waals surface area contributed by atoms with E-state index in [0.717, 1.165) is 6.42 Å². The number of nitrogens with two attached hydrogens (primary N) is 1. The minimum Gasteiger partial charge on any atom is -0.325 e. The van der Waals surface area contributed by atoms with Gasteiger partial charge in [0.25, 0.3) is 0 Å². The Hall–Kier alpha value is -0.920. The van der Waals surface area contributed by atoms with Crippen LogP contribution >= 0.6 is 0 Å². The van der Waals surface area contributed by atoms with Crippen molar-refractivity contribution >= 4 is 10.0 Å². The summed E-state index contributed by atoms with van der Waals surface area (Å²) < 4.78 is 27.6. The van der Waals surface area contributed by atoms with Crippen molar-refractivity contribution in [3.8, 4) is 0 Å². The second-order valence-electron chi connectivity index (χ2n) is 5.70. The molecule has 2 rings (SSSR count). The summed E-state index contributed by atoms with van der Waals surface area (Å²) in [4.78, 5) is 0.212. The highest BCUT2D eigenvalue weighted by molar-refractivity contribution is 7.89. The third-order valence-corrected chi connectivity index (χ3v) is 5.87. The third-order valence-electron chi connectivity index (χ3n) is 4.25. The molecule has 20 heavy (non-hydrogen) atoms. The topological polar surface area (TPSA) is 101 Å². The maximum atomic E-state index is 12.4. The number of nitrogens with zero attached hydrogens (tertiary/aromatic N) is 1. The molecule has 6 nitrogen and oxygen atoms in total. The number of nitrogens with one attached hydrogen (secondary N) is 2. The molecule has 0 radical (unpaired) electrons. The van der Waals surface area contributed by atoms with Gasteiger partial charge in [-0.2, -0.15) is 5.10 Å². The third kappa shape index (κ3) is 3.21. The fraction of sp³-hybridized carbons (Fsp3) is 0.769. The molecule has 0 bridgehead atoms. The van der Waals surface area contributed by atoms with E-state index < -0.39 is 10.0 Å². The first-order valence-electron chi connectivity index (χ1n) is 7.19. The highest BCUT2D eigenvalue weighted by Crippen LogP contribution is 2.29. The lowest BCUT2D eigenvalue weighted by atomic mass is 9.81. The predicted octanol–water partition coefficient (Wildman–Crippen LogP) is 1.28. The zero-order valence-corrected chi connectivity index (χ0v) is 13.0. The molecule has 7 heteroatoms. The van der Waals surface area contributed by atoms with E-state index >= 15 is 0 Å². The number of aromatic amines is 1. The quantitative estimate of drug-likeness (QED) is 0.762. The lowest BCUT2D eigenvalue weighted by molar-refractivity contribution is 0.257. The molecule has 1 aliphatic carbocycles. The Bertz CT molecular complexity index is 553. The van der Waals surface area contributed by atoms with Crippen molar-refractivity contribution in [1.29, 1.82) is 0 Å². The highest BCUT2D eigenvalue weighted by Gasteiger charge is 2.27. The first kappa shape index (κ1) is 15.5. The summed E-state index contributed by atoms with van der Waals surface area (Å²) in [5.41, 5.74) is 6.48. The van der Waals surface area contributed by atoms with Crippen LogP contribution in [-0.4, -0.2) is 25.2 Å². The zero-order valence-electron chi connectivity index (χ0n) is 12.1. The molecule has 0 aliphatic heterocycles. The smallest absolute Gasteiger partial charge is 0.244 e. The Labute approximate surface area is 120 Å². The lowest BCUT2D eigenvalue weighted by Crippen LogP contribution is -2.34. The van der Waals surface area contributed by atoms with Crippen LogP contribution < -0.4 is 10.5 Å². The zero-order chi connectivity index (χ0) is 14.8. The van der Waals surface area contributed by atoms with Gasteiger partial charge in [-0.3, -0.25) is 5.10 Å². The Balaban J connectivity index is 2.09. The van der Waals surface area contributed by atoms with Crippen LogP contribution in [0, 0.1) is 18.8 Å². The molecule has 1 fully saturated rings. The molecular formula is C13H24N4O2S. The average molecular weight is 300 g/mol. The van der Waals surface area contributed by atoms with Gasteiger partial charge in [0.05, 0.1) is 11.4 Å². The van der Waals surface area contributed by atoms with E-state index in [9.17, 15) is 8.42 Å². The first-order chi connectivity index (χ1) is 9.45. The van der Waals surface area contributed by atoms with Gasteiger partial charge in [0.15, 0.2) is 0 Å². The van der Waals surface area contributed by atoms with Crippen molar-refractivity contribution in [3.05, 3.63) is 11.4 Å². The van der Waals surface area contributed by atoms with Crippen LogP contribution in [0.1, 0.15) is 44.0 Å². The van der Waals surface area contributed by atoms with Gasteiger partial charge in [-0.25, -0.2) is 13.1 Å². The fourth-order valence-corrected chi connectivity index (χ4v) is 4.42. The summed E-state index contributed by atoms with van der Waals surface area (Å²) in [6.07, 6.45) is 4.72. The summed E-state index contributed by atoms with van der Waals surface area (Å²) in [5, 5.41) is 6.63. The van der Waals surface area contributed by atoms with E-state index in [1.165, 1.54) is 19.3 Å². The second-order valence-corrected chi connectivity index (χ2v) is 7.41. The molecule has 4 N–H and O–H groups in total. The van der Waals surface area contributed by atoms with Gasteiger partial charge in [-0.1, -0.05) is 26.2 Å².